The van der Waals surface area contributed by atoms with Crippen LogP contribution in [0.2, 0.25) is 0 Å². The van der Waals surface area contributed by atoms with Gasteiger partial charge in [-0.05, 0) is 26.7 Å². The molecule has 0 heterocycles. The summed E-state index contributed by atoms with van der Waals surface area (Å²) in [6.07, 6.45) is 4.84. The van der Waals surface area contributed by atoms with Gasteiger partial charge in [0.05, 0.1) is 0 Å². The quantitative estimate of drug-likeness (QED) is 0.387. The topological polar surface area (TPSA) is 36.4 Å². The van der Waals surface area contributed by atoms with Crippen molar-refractivity contribution < 1.29 is 0 Å². The van der Waals surface area contributed by atoms with Crippen LogP contribution in [0.25, 0.3) is 0 Å². The number of rotatable bonds is 7. The van der Waals surface area contributed by atoms with Crippen molar-refractivity contribution in [3.63, 3.8) is 0 Å². The molecule has 1 atom stereocenters. The zero-order valence-corrected chi connectivity index (χ0v) is 10.8. The molecule has 0 amide bonds. The Morgan fingerprint density at radius 1 is 1.20 bits per heavy atom. The summed E-state index contributed by atoms with van der Waals surface area (Å²) in [4.78, 5) is 4.53. The number of hydrogen-bond donors (Lipinski definition) is 2. The fourth-order valence-corrected chi connectivity index (χ4v) is 1.21. The highest BCUT2D eigenvalue weighted by atomic mass is 15.2. The summed E-state index contributed by atoms with van der Waals surface area (Å²) in [5.41, 5.74) is 0. The average Bonchev–Trinajstić information content (AvgIpc) is 2.24. The van der Waals surface area contributed by atoms with Crippen LogP contribution in [-0.2, 0) is 0 Å². The van der Waals surface area contributed by atoms with Gasteiger partial charge in [0.25, 0.3) is 0 Å². The number of nitrogens with zero attached hydrogens (tertiary/aromatic N) is 1. The second-order valence-electron chi connectivity index (χ2n) is 3.92. The number of aliphatic imine (C=N–C) groups is 1. The van der Waals surface area contributed by atoms with Crippen molar-refractivity contribution >= 4 is 5.96 Å². The van der Waals surface area contributed by atoms with E-state index in [1.54, 1.807) is 0 Å². The van der Waals surface area contributed by atoms with Gasteiger partial charge in [-0.15, -0.1) is 0 Å². The van der Waals surface area contributed by atoms with Gasteiger partial charge in [0.2, 0.25) is 0 Å². The molecule has 0 bridgehead atoms. The van der Waals surface area contributed by atoms with Gasteiger partial charge in [-0.2, -0.15) is 0 Å². The molecule has 0 saturated carbocycles. The lowest BCUT2D eigenvalue weighted by Gasteiger charge is -2.16. The highest BCUT2D eigenvalue weighted by Gasteiger charge is 2.01. The lowest BCUT2D eigenvalue weighted by molar-refractivity contribution is 0.622. The minimum Gasteiger partial charge on any atom is -0.357 e. The number of unbranched alkanes of at least 4 members (excludes halogenated alkanes) is 2. The average molecular weight is 213 g/mol. The van der Waals surface area contributed by atoms with Crippen LogP contribution in [0.5, 0.6) is 0 Å². The Kier molecular flexibility index (Phi) is 9.33. The van der Waals surface area contributed by atoms with E-state index in [1.807, 2.05) is 0 Å². The van der Waals surface area contributed by atoms with Crippen LogP contribution in [0, 0.1) is 0 Å². The van der Waals surface area contributed by atoms with E-state index in [2.05, 4.69) is 43.3 Å². The largest absolute Gasteiger partial charge is 0.357 e. The molecule has 0 radical (unpaired) electrons. The van der Waals surface area contributed by atoms with Crippen molar-refractivity contribution in [1.29, 1.82) is 0 Å². The Morgan fingerprint density at radius 3 is 2.47 bits per heavy atom. The standard InChI is InChI=1S/C12H27N3/c1-5-8-9-10-14-12(13-7-3)15-11(4)6-2/h11H,5-10H2,1-4H3,(H2,13,14,15). The monoisotopic (exact) mass is 213 g/mol. The first kappa shape index (κ1) is 14.3. The Balaban J connectivity index is 3.89. The molecular weight excluding hydrogens is 186 g/mol. The number of hydrogen-bond acceptors (Lipinski definition) is 1. The highest BCUT2D eigenvalue weighted by molar-refractivity contribution is 5.79. The molecule has 90 valence electrons. The van der Waals surface area contributed by atoms with Gasteiger partial charge in [-0.25, -0.2) is 0 Å². The molecule has 0 aromatic carbocycles. The Morgan fingerprint density at radius 2 is 1.93 bits per heavy atom. The zero-order valence-electron chi connectivity index (χ0n) is 10.8. The van der Waals surface area contributed by atoms with E-state index in [-0.39, 0.29) is 0 Å². The third-order valence-electron chi connectivity index (χ3n) is 2.37. The number of nitrogens with one attached hydrogen (secondary N) is 2. The molecule has 0 spiro atoms. The third-order valence-corrected chi connectivity index (χ3v) is 2.37. The minimum atomic E-state index is 0.494. The van der Waals surface area contributed by atoms with Crippen molar-refractivity contribution in [2.24, 2.45) is 4.99 Å². The van der Waals surface area contributed by atoms with Crippen molar-refractivity contribution in [1.82, 2.24) is 10.6 Å². The van der Waals surface area contributed by atoms with Crippen molar-refractivity contribution in [2.45, 2.75) is 59.4 Å². The predicted molar refractivity (Wildman–Crippen MR) is 68.4 cm³/mol. The lowest BCUT2D eigenvalue weighted by Crippen LogP contribution is -2.42. The maximum absolute atomic E-state index is 4.53. The van der Waals surface area contributed by atoms with Crippen LogP contribution in [0.1, 0.15) is 53.4 Å². The van der Waals surface area contributed by atoms with Crippen molar-refractivity contribution in [3.05, 3.63) is 0 Å². The molecule has 0 aliphatic rings. The zero-order chi connectivity index (χ0) is 11.5. The fraction of sp³-hybridized carbons (Fsp3) is 0.917. The van der Waals surface area contributed by atoms with Crippen LogP contribution >= 0.6 is 0 Å². The first-order chi connectivity index (χ1) is 7.24. The summed E-state index contributed by atoms with van der Waals surface area (Å²) in [5, 5.41) is 6.65. The lowest BCUT2D eigenvalue weighted by atomic mass is 10.2. The van der Waals surface area contributed by atoms with E-state index in [0.717, 1.165) is 25.5 Å². The Bertz CT molecular complexity index is 166. The molecule has 3 nitrogen and oxygen atoms in total. The van der Waals surface area contributed by atoms with Crippen molar-refractivity contribution in [2.75, 3.05) is 13.1 Å². The molecule has 0 aromatic heterocycles. The predicted octanol–water partition coefficient (Wildman–Crippen LogP) is 2.53. The third kappa shape index (κ3) is 8.28. The molecule has 0 fully saturated rings. The molecule has 2 N–H and O–H groups in total. The van der Waals surface area contributed by atoms with Gasteiger partial charge in [0, 0.05) is 19.1 Å². The highest BCUT2D eigenvalue weighted by Crippen LogP contribution is 1.94. The molecule has 3 heteroatoms. The van der Waals surface area contributed by atoms with Crippen LogP contribution in [0.3, 0.4) is 0 Å². The summed E-state index contributed by atoms with van der Waals surface area (Å²) in [6, 6.07) is 0.494. The molecular formula is C12H27N3. The van der Waals surface area contributed by atoms with Crippen LogP contribution < -0.4 is 10.6 Å². The number of guanidine groups is 1. The first-order valence-electron chi connectivity index (χ1n) is 6.29. The Hall–Kier alpha value is -0.730. The van der Waals surface area contributed by atoms with Crippen LogP contribution in [0.15, 0.2) is 4.99 Å². The summed E-state index contributed by atoms with van der Waals surface area (Å²) in [5.74, 6) is 0.961. The molecule has 0 aliphatic carbocycles. The molecule has 0 rings (SSSR count). The maximum Gasteiger partial charge on any atom is 0.191 e. The SMILES string of the molecule is CCCCCN=C(NCC)NC(C)CC. The maximum atomic E-state index is 4.53. The molecule has 15 heavy (non-hydrogen) atoms. The summed E-state index contributed by atoms with van der Waals surface area (Å²) in [7, 11) is 0. The van der Waals surface area contributed by atoms with E-state index in [4.69, 9.17) is 0 Å². The Labute approximate surface area is 94.7 Å². The summed E-state index contributed by atoms with van der Waals surface area (Å²) < 4.78 is 0. The first-order valence-corrected chi connectivity index (χ1v) is 6.29. The van der Waals surface area contributed by atoms with Crippen LogP contribution in [-0.4, -0.2) is 25.1 Å². The van der Waals surface area contributed by atoms with E-state index >= 15 is 0 Å². The summed E-state index contributed by atoms with van der Waals surface area (Å²) in [6.45, 7) is 10.5. The van der Waals surface area contributed by atoms with Crippen LogP contribution in [0.4, 0.5) is 0 Å². The van der Waals surface area contributed by atoms with E-state index in [9.17, 15) is 0 Å². The normalized spacial score (nSPS) is 13.7. The smallest absolute Gasteiger partial charge is 0.191 e. The van der Waals surface area contributed by atoms with E-state index in [0.29, 0.717) is 6.04 Å². The van der Waals surface area contributed by atoms with E-state index < -0.39 is 0 Å². The molecule has 1 unspecified atom stereocenters. The second-order valence-corrected chi connectivity index (χ2v) is 3.92. The van der Waals surface area contributed by atoms with E-state index in [1.165, 1.54) is 19.3 Å². The fourth-order valence-electron chi connectivity index (χ4n) is 1.21. The van der Waals surface area contributed by atoms with Crippen molar-refractivity contribution in [3.8, 4) is 0 Å². The minimum absolute atomic E-state index is 0.494. The summed E-state index contributed by atoms with van der Waals surface area (Å²) >= 11 is 0. The van der Waals surface area contributed by atoms with Gasteiger partial charge >= 0.3 is 0 Å². The van der Waals surface area contributed by atoms with Gasteiger partial charge in [0.1, 0.15) is 0 Å². The molecule has 0 aliphatic heterocycles. The van der Waals surface area contributed by atoms with Gasteiger partial charge < -0.3 is 10.6 Å². The molecule has 0 saturated heterocycles. The van der Waals surface area contributed by atoms with Gasteiger partial charge in [-0.3, -0.25) is 4.99 Å². The molecule has 0 aromatic rings. The van der Waals surface area contributed by atoms with Gasteiger partial charge in [-0.1, -0.05) is 26.7 Å². The second kappa shape index (κ2) is 9.81. The van der Waals surface area contributed by atoms with Gasteiger partial charge in [0.15, 0.2) is 5.96 Å².